The monoisotopic (exact) mass is 394 g/mol. The van der Waals surface area contributed by atoms with Crippen molar-refractivity contribution in [1.29, 1.82) is 0 Å². The Balaban J connectivity index is 1.49. The van der Waals surface area contributed by atoms with E-state index in [0.29, 0.717) is 12.1 Å². The van der Waals surface area contributed by atoms with E-state index in [9.17, 15) is 0 Å². The normalized spacial score (nSPS) is 21.3. The molecule has 0 bridgehead atoms. The second-order valence-electron chi connectivity index (χ2n) is 8.78. The molecule has 2 aromatic heterocycles. The zero-order valence-corrected chi connectivity index (χ0v) is 18.3. The number of likely N-dealkylation sites (tertiary alicyclic amines) is 1. The number of anilines is 1. The Bertz CT molecular complexity index is 828. The zero-order valence-electron chi connectivity index (χ0n) is 18.3. The molecule has 0 amide bonds. The summed E-state index contributed by atoms with van der Waals surface area (Å²) in [5.74, 6) is 1.96. The Labute approximate surface area is 175 Å². The fourth-order valence-electron chi connectivity index (χ4n) is 4.85. The second-order valence-corrected chi connectivity index (χ2v) is 8.78. The minimum absolute atomic E-state index is 0.394. The molecule has 0 radical (unpaired) electrons. The summed E-state index contributed by atoms with van der Waals surface area (Å²) in [4.78, 5) is 21.6. The lowest BCUT2D eigenvalue weighted by atomic mass is 10.0. The maximum Gasteiger partial charge on any atom is 0.132 e. The number of hydrogen-bond acceptors (Lipinski definition) is 6. The number of piperidine rings is 1. The van der Waals surface area contributed by atoms with Gasteiger partial charge in [0.15, 0.2) is 0 Å². The highest BCUT2D eigenvalue weighted by Crippen LogP contribution is 2.33. The van der Waals surface area contributed by atoms with Gasteiger partial charge in [-0.25, -0.2) is 9.97 Å². The van der Waals surface area contributed by atoms with Gasteiger partial charge in [-0.3, -0.25) is 9.88 Å². The quantitative estimate of drug-likeness (QED) is 0.775. The molecule has 29 heavy (non-hydrogen) atoms. The van der Waals surface area contributed by atoms with E-state index in [1.165, 1.54) is 36.9 Å². The van der Waals surface area contributed by atoms with E-state index in [-0.39, 0.29) is 0 Å². The van der Waals surface area contributed by atoms with E-state index in [1.54, 1.807) is 0 Å². The van der Waals surface area contributed by atoms with E-state index in [2.05, 4.69) is 47.9 Å². The van der Waals surface area contributed by atoms with Gasteiger partial charge in [-0.15, -0.1) is 0 Å². The first kappa shape index (κ1) is 20.2. The highest BCUT2D eigenvalue weighted by atomic mass is 15.2. The number of nitrogens with zero attached hydrogens (tertiary/aromatic N) is 6. The van der Waals surface area contributed by atoms with Gasteiger partial charge in [0, 0.05) is 37.9 Å². The molecule has 4 heterocycles. The zero-order chi connectivity index (χ0) is 20.4. The summed E-state index contributed by atoms with van der Waals surface area (Å²) in [5, 5.41) is 0. The lowest BCUT2D eigenvalue weighted by Crippen LogP contribution is -2.42. The Morgan fingerprint density at radius 2 is 1.86 bits per heavy atom. The number of aryl methyl sites for hydroxylation is 2. The highest BCUT2D eigenvalue weighted by Gasteiger charge is 2.29. The molecule has 1 atom stereocenters. The first-order valence-corrected chi connectivity index (χ1v) is 10.9. The van der Waals surface area contributed by atoms with Crippen molar-refractivity contribution in [1.82, 2.24) is 24.8 Å². The lowest BCUT2D eigenvalue weighted by molar-refractivity contribution is 0.240. The van der Waals surface area contributed by atoms with Gasteiger partial charge in [-0.2, -0.15) is 0 Å². The van der Waals surface area contributed by atoms with E-state index in [4.69, 9.17) is 15.0 Å². The summed E-state index contributed by atoms with van der Waals surface area (Å²) in [6.07, 6.45) is 6.70. The molecule has 0 saturated carbocycles. The van der Waals surface area contributed by atoms with E-state index in [0.717, 1.165) is 43.5 Å². The van der Waals surface area contributed by atoms with Gasteiger partial charge < -0.3 is 9.80 Å². The van der Waals surface area contributed by atoms with Gasteiger partial charge >= 0.3 is 0 Å². The molecule has 0 aliphatic carbocycles. The van der Waals surface area contributed by atoms with E-state index >= 15 is 0 Å². The van der Waals surface area contributed by atoms with Crippen molar-refractivity contribution in [3.05, 3.63) is 47.2 Å². The largest absolute Gasteiger partial charge is 0.356 e. The molecule has 0 spiro atoms. The Morgan fingerprint density at radius 1 is 1.07 bits per heavy atom. The minimum atomic E-state index is 0.394. The Hall–Kier alpha value is -2.05. The van der Waals surface area contributed by atoms with Crippen LogP contribution in [0.2, 0.25) is 0 Å². The standard InChI is InChI=1S/C23H34N6/c1-17-7-5-11-24-23(17)21-8-6-12-29(21)16-19-15-22(26-18(2)25-19)28-13-9-20(10-14-28)27(3)4/h5,7,11,15,20-21H,6,8-10,12-14,16H2,1-4H3/t21-/m0/s1. The maximum atomic E-state index is 4.78. The summed E-state index contributed by atoms with van der Waals surface area (Å²) in [5.41, 5.74) is 3.64. The molecule has 156 valence electrons. The van der Waals surface area contributed by atoms with Crippen LogP contribution in [0.15, 0.2) is 24.4 Å². The number of hydrogen-bond donors (Lipinski definition) is 0. The summed E-state index contributed by atoms with van der Waals surface area (Å²) >= 11 is 0. The van der Waals surface area contributed by atoms with Crippen molar-refractivity contribution < 1.29 is 0 Å². The third-order valence-electron chi connectivity index (χ3n) is 6.49. The summed E-state index contributed by atoms with van der Waals surface area (Å²) in [6, 6.07) is 7.48. The van der Waals surface area contributed by atoms with Crippen molar-refractivity contribution in [3.8, 4) is 0 Å². The van der Waals surface area contributed by atoms with Crippen LogP contribution in [-0.2, 0) is 6.54 Å². The SMILES string of the molecule is Cc1nc(CN2CCC[C@H]2c2ncccc2C)cc(N2CCC(N(C)C)CC2)n1. The lowest BCUT2D eigenvalue weighted by Gasteiger charge is -2.36. The molecular formula is C23H34N6. The molecule has 0 unspecified atom stereocenters. The van der Waals surface area contributed by atoms with Crippen LogP contribution < -0.4 is 4.90 Å². The van der Waals surface area contributed by atoms with Crippen LogP contribution in [0.1, 0.15) is 54.5 Å². The van der Waals surface area contributed by atoms with Gasteiger partial charge in [-0.05, 0) is 71.8 Å². The topological polar surface area (TPSA) is 48.4 Å². The van der Waals surface area contributed by atoms with Crippen LogP contribution in [0.5, 0.6) is 0 Å². The Kier molecular flexibility index (Phi) is 6.11. The van der Waals surface area contributed by atoms with Crippen molar-refractivity contribution in [2.45, 2.75) is 58.2 Å². The molecule has 0 N–H and O–H groups in total. The van der Waals surface area contributed by atoms with Crippen LogP contribution in [0.25, 0.3) is 0 Å². The van der Waals surface area contributed by atoms with Crippen molar-refractivity contribution in [3.63, 3.8) is 0 Å². The molecule has 2 saturated heterocycles. The first-order chi connectivity index (χ1) is 14.0. The highest BCUT2D eigenvalue weighted by molar-refractivity contribution is 5.40. The van der Waals surface area contributed by atoms with Gasteiger partial charge in [-0.1, -0.05) is 6.07 Å². The first-order valence-electron chi connectivity index (χ1n) is 10.9. The van der Waals surface area contributed by atoms with Crippen molar-refractivity contribution in [2.24, 2.45) is 0 Å². The molecule has 4 rings (SSSR count). The van der Waals surface area contributed by atoms with Crippen LogP contribution in [0, 0.1) is 13.8 Å². The van der Waals surface area contributed by atoms with E-state index < -0.39 is 0 Å². The third-order valence-corrected chi connectivity index (χ3v) is 6.49. The fourth-order valence-corrected chi connectivity index (χ4v) is 4.85. The Morgan fingerprint density at radius 3 is 2.59 bits per heavy atom. The van der Waals surface area contributed by atoms with Crippen molar-refractivity contribution >= 4 is 5.82 Å². The smallest absolute Gasteiger partial charge is 0.132 e. The van der Waals surface area contributed by atoms with Crippen LogP contribution in [0.3, 0.4) is 0 Å². The number of rotatable bonds is 5. The van der Waals surface area contributed by atoms with Crippen LogP contribution >= 0.6 is 0 Å². The molecular weight excluding hydrogens is 360 g/mol. The van der Waals surface area contributed by atoms with Gasteiger partial charge in [0.2, 0.25) is 0 Å². The van der Waals surface area contributed by atoms with Crippen LogP contribution in [-0.4, -0.2) is 64.5 Å². The fraction of sp³-hybridized carbons (Fsp3) is 0.609. The predicted octanol–water partition coefficient (Wildman–Crippen LogP) is 3.36. The molecule has 2 aliphatic rings. The second kappa shape index (κ2) is 8.76. The molecule has 2 fully saturated rings. The van der Waals surface area contributed by atoms with E-state index in [1.807, 2.05) is 19.2 Å². The molecule has 6 heteroatoms. The molecule has 2 aromatic rings. The average molecular weight is 395 g/mol. The van der Waals surface area contributed by atoms with Gasteiger partial charge in [0.05, 0.1) is 17.4 Å². The minimum Gasteiger partial charge on any atom is -0.356 e. The van der Waals surface area contributed by atoms with Crippen LogP contribution in [0.4, 0.5) is 5.82 Å². The average Bonchev–Trinajstić information content (AvgIpc) is 3.16. The molecule has 6 nitrogen and oxygen atoms in total. The summed E-state index contributed by atoms with van der Waals surface area (Å²) < 4.78 is 0. The molecule has 0 aromatic carbocycles. The summed E-state index contributed by atoms with van der Waals surface area (Å²) in [7, 11) is 4.37. The van der Waals surface area contributed by atoms with Gasteiger partial charge in [0.25, 0.3) is 0 Å². The third kappa shape index (κ3) is 4.59. The summed E-state index contributed by atoms with van der Waals surface area (Å²) in [6.45, 7) is 8.29. The predicted molar refractivity (Wildman–Crippen MR) is 117 cm³/mol. The molecule has 2 aliphatic heterocycles. The maximum absolute atomic E-state index is 4.78. The number of aromatic nitrogens is 3. The van der Waals surface area contributed by atoms with Gasteiger partial charge in [0.1, 0.15) is 11.6 Å². The number of pyridine rings is 1. The van der Waals surface area contributed by atoms with Crippen molar-refractivity contribution in [2.75, 3.05) is 38.6 Å².